The third-order valence-electron chi connectivity index (χ3n) is 3.03. The highest BCUT2D eigenvalue weighted by molar-refractivity contribution is 5.69. The van der Waals surface area contributed by atoms with Crippen LogP contribution in [0.5, 0.6) is 5.75 Å². The Morgan fingerprint density at radius 3 is 2.41 bits per heavy atom. The first-order chi connectivity index (χ1) is 8.09. The topological polar surface area (TPSA) is 72.3 Å². The fourth-order valence-electron chi connectivity index (χ4n) is 1.85. The van der Waals surface area contributed by atoms with Crippen LogP contribution in [0.25, 0.3) is 0 Å². The molecule has 0 radical (unpaired) electrons. The normalized spacial score (nSPS) is 10.4. The minimum absolute atomic E-state index is 0.308. The smallest absolute Gasteiger partial charge is 0.119 e. The van der Waals surface area contributed by atoms with Crippen molar-refractivity contribution in [3.05, 3.63) is 53.1 Å². The Morgan fingerprint density at radius 1 is 1.00 bits per heavy atom. The molecule has 2 aromatic carbocycles. The van der Waals surface area contributed by atoms with E-state index < -0.39 is 0 Å². The van der Waals surface area contributed by atoms with Gasteiger partial charge in [0.25, 0.3) is 0 Å². The van der Waals surface area contributed by atoms with Crippen molar-refractivity contribution in [1.82, 2.24) is 0 Å². The van der Waals surface area contributed by atoms with Gasteiger partial charge in [0.1, 0.15) is 5.75 Å². The standard InChI is InChI=1S/C14H16N2O/c1-9-10(6-7-12(15)14(9)16)8-11-4-2-3-5-13(11)17/h2-7,17H,8,15-16H2,1H3. The zero-order chi connectivity index (χ0) is 12.4. The molecular weight excluding hydrogens is 212 g/mol. The number of nitrogens with two attached hydrogens (primary N) is 2. The van der Waals surface area contributed by atoms with Crippen molar-refractivity contribution in [3.8, 4) is 5.75 Å². The molecule has 88 valence electrons. The summed E-state index contributed by atoms with van der Waals surface area (Å²) in [5.41, 5.74) is 15.8. The van der Waals surface area contributed by atoms with Crippen molar-refractivity contribution in [1.29, 1.82) is 0 Å². The summed E-state index contributed by atoms with van der Waals surface area (Å²) in [5.74, 6) is 0.308. The zero-order valence-electron chi connectivity index (χ0n) is 9.77. The second-order valence-corrected chi connectivity index (χ2v) is 4.16. The highest BCUT2D eigenvalue weighted by Gasteiger charge is 2.07. The fourth-order valence-corrected chi connectivity index (χ4v) is 1.85. The lowest BCUT2D eigenvalue weighted by molar-refractivity contribution is 0.469. The van der Waals surface area contributed by atoms with Gasteiger partial charge in [-0.1, -0.05) is 24.3 Å². The van der Waals surface area contributed by atoms with E-state index in [0.29, 0.717) is 23.5 Å². The Hall–Kier alpha value is -2.16. The first-order valence-electron chi connectivity index (χ1n) is 5.50. The minimum atomic E-state index is 0.308. The Bertz CT molecular complexity index is 550. The number of phenolic OH excluding ortho intramolecular Hbond substituents is 1. The van der Waals surface area contributed by atoms with Gasteiger partial charge < -0.3 is 16.6 Å². The van der Waals surface area contributed by atoms with Crippen molar-refractivity contribution in [2.24, 2.45) is 0 Å². The molecule has 0 aliphatic rings. The maximum absolute atomic E-state index is 9.73. The second-order valence-electron chi connectivity index (χ2n) is 4.16. The molecule has 0 amide bonds. The van der Waals surface area contributed by atoms with Gasteiger partial charge in [-0.15, -0.1) is 0 Å². The lowest BCUT2D eigenvalue weighted by Crippen LogP contribution is -2.01. The third kappa shape index (κ3) is 2.18. The third-order valence-corrected chi connectivity index (χ3v) is 3.03. The molecule has 0 saturated carbocycles. The molecular formula is C14H16N2O. The van der Waals surface area contributed by atoms with Crippen molar-refractivity contribution < 1.29 is 5.11 Å². The van der Waals surface area contributed by atoms with Crippen LogP contribution in [0.1, 0.15) is 16.7 Å². The van der Waals surface area contributed by atoms with Gasteiger partial charge in [0.05, 0.1) is 11.4 Å². The monoisotopic (exact) mass is 228 g/mol. The van der Waals surface area contributed by atoms with Gasteiger partial charge in [0.15, 0.2) is 0 Å². The molecule has 2 aromatic rings. The van der Waals surface area contributed by atoms with Crippen molar-refractivity contribution in [2.75, 3.05) is 11.5 Å². The molecule has 0 bridgehead atoms. The van der Waals surface area contributed by atoms with E-state index in [1.807, 2.05) is 31.2 Å². The number of phenols is 1. The Kier molecular flexibility index (Phi) is 2.91. The molecule has 5 N–H and O–H groups in total. The molecule has 0 spiro atoms. The SMILES string of the molecule is Cc1c(Cc2ccccc2O)ccc(N)c1N. The van der Waals surface area contributed by atoms with Gasteiger partial charge in [0.2, 0.25) is 0 Å². The molecule has 3 nitrogen and oxygen atoms in total. The number of hydrogen-bond acceptors (Lipinski definition) is 3. The molecule has 0 aliphatic heterocycles. The highest BCUT2D eigenvalue weighted by Crippen LogP contribution is 2.27. The summed E-state index contributed by atoms with van der Waals surface area (Å²) in [6.07, 6.45) is 0.656. The maximum Gasteiger partial charge on any atom is 0.119 e. The van der Waals surface area contributed by atoms with E-state index in [1.165, 1.54) is 0 Å². The molecule has 3 heteroatoms. The van der Waals surface area contributed by atoms with Crippen LogP contribution in [0.15, 0.2) is 36.4 Å². The summed E-state index contributed by atoms with van der Waals surface area (Å²) in [7, 11) is 0. The minimum Gasteiger partial charge on any atom is -0.508 e. The molecule has 0 aliphatic carbocycles. The number of para-hydroxylation sites is 1. The van der Waals surface area contributed by atoms with E-state index in [-0.39, 0.29) is 0 Å². The lowest BCUT2D eigenvalue weighted by atomic mass is 9.98. The number of aromatic hydroxyl groups is 1. The molecule has 0 saturated heterocycles. The first kappa shape index (κ1) is 11.3. The van der Waals surface area contributed by atoms with Gasteiger partial charge in [0, 0.05) is 6.42 Å². The fraction of sp³-hybridized carbons (Fsp3) is 0.143. The average molecular weight is 228 g/mol. The summed E-state index contributed by atoms with van der Waals surface area (Å²) < 4.78 is 0. The van der Waals surface area contributed by atoms with E-state index in [1.54, 1.807) is 12.1 Å². The molecule has 0 heterocycles. The molecule has 17 heavy (non-hydrogen) atoms. The number of anilines is 2. The number of hydrogen-bond donors (Lipinski definition) is 3. The Morgan fingerprint density at radius 2 is 1.71 bits per heavy atom. The molecule has 0 atom stereocenters. The first-order valence-corrected chi connectivity index (χ1v) is 5.50. The van der Waals surface area contributed by atoms with Gasteiger partial charge in [-0.25, -0.2) is 0 Å². The van der Waals surface area contributed by atoms with Crippen LogP contribution < -0.4 is 11.5 Å². The van der Waals surface area contributed by atoms with E-state index in [9.17, 15) is 5.11 Å². The number of benzene rings is 2. The van der Waals surface area contributed by atoms with Crippen LogP contribution in [0, 0.1) is 6.92 Å². The van der Waals surface area contributed by atoms with E-state index >= 15 is 0 Å². The quantitative estimate of drug-likeness (QED) is 0.691. The van der Waals surface area contributed by atoms with E-state index in [4.69, 9.17) is 11.5 Å². The van der Waals surface area contributed by atoms with Crippen LogP contribution in [0.3, 0.4) is 0 Å². The van der Waals surface area contributed by atoms with E-state index in [0.717, 1.165) is 16.7 Å². The zero-order valence-corrected chi connectivity index (χ0v) is 9.77. The van der Waals surface area contributed by atoms with Gasteiger partial charge >= 0.3 is 0 Å². The van der Waals surface area contributed by atoms with Crippen LogP contribution in [-0.4, -0.2) is 5.11 Å². The molecule has 0 aromatic heterocycles. The molecule has 2 rings (SSSR count). The molecule has 0 fully saturated rings. The summed E-state index contributed by atoms with van der Waals surface area (Å²) in [6.45, 7) is 1.95. The van der Waals surface area contributed by atoms with E-state index in [2.05, 4.69) is 0 Å². The number of nitrogen functional groups attached to an aromatic ring is 2. The Balaban J connectivity index is 2.38. The average Bonchev–Trinajstić information content (AvgIpc) is 2.32. The van der Waals surface area contributed by atoms with Crippen LogP contribution in [0.4, 0.5) is 11.4 Å². The largest absolute Gasteiger partial charge is 0.508 e. The van der Waals surface area contributed by atoms with Gasteiger partial charge in [-0.2, -0.15) is 0 Å². The highest BCUT2D eigenvalue weighted by atomic mass is 16.3. The summed E-state index contributed by atoms with van der Waals surface area (Å²) in [5, 5.41) is 9.73. The second kappa shape index (κ2) is 4.37. The van der Waals surface area contributed by atoms with Crippen LogP contribution >= 0.6 is 0 Å². The van der Waals surface area contributed by atoms with Crippen molar-refractivity contribution in [3.63, 3.8) is 0 Å². The van der Waals surface area contributed by atoms with Gasteiger partial charge in [-0.3, -0.25) is 0 Å². The van der Waals surface area contributed by atoms with Crippen LogP contribution in [-0.2, 0) is 6.42 Å². The molecule has 0 unspecified atom stereocenters. The lowest BCUT2D eigenvalue weighted by Gasteiger charge is -2.11. The number of rotatable bonds is 2. The predicted octanol–water partition coefficient (Wildman–Crippen LogP) is 2.46. The van der Waals surface area contributed by atoms with Gasteiger partial charge in [-0.05, 0) is 35.7 Å². The summed E-state index contributed by atoms with van der Waals surface area (Å²) in [6, 6.07) is 11.1. The summed E-state index contributed by atoms with van der Waals surface area (Å²) in [4.78, 5) is 0. The predicted molar refractivity (Wildman–Crippen MR) is 70.9 cm³/mol. The van der Waals surface area contributed by atoms with Crippen LogP contribution in [0.2, 0.25) is 0 Å². The van der Waals surface area contributed by atoms with Crippen molar-refractivity contribution in [2.45, 2.75) is 13.3 Å². The summed E-state index contributed by atoms with van der Waals surface area (Å²) >= 11 is 0. The maximum atomic E-state index is 9.73. The van der Waals surface area contributed by atoms with Crippen molar-refractivity contribution >= 4 is 11.4 Å². The Labute approximate surface area is 101 Å².